The molecule has 162 valence electrons. The monoisotopic (exact) mass is 446 g/mol. The van der Waals surface area contributed by atoms with Crippen LogP contribution in [0, 0.1) is 0 Å². The van der Waals surface area contributed by atoms with Gasteiger partial charge in [0.25, 0.3) is 5.91 Å². The van der Waals surface area contributed by atoms with Gasteiger partial charge in [-0.15, -0.1) is 0 Å². The maximum absolute atomic E-state index is 13.1. The van der Waals surface area contributed by atoms with Crippen molar-refractivity contribution in [1.82, 2.24) is 14.9 Å². The first kappa shape index (κ1) is 20.7. The van der Waals surface area contributed by atoms with Crippen LogP contribution in [0.2, 0.25) is 5.02 Å². The predicted octanol–water partition coefficient (Wildman–Crippen LogP) is 1.47. The molecule has 1 unspecified atom stereocenters. The Kier molecular flexibility index (Phi) is 5.27. The molecule has 1 atom stereocenters. The molecule has 0 saturated carbocycles. The highest BCUT2D eigenvalue weighted by Gasteiger charge is 2.36. The summed E-state index contributed by atoms with van der Waals surface area (Å²) in [5.74, 6) is -1.37. The third-order valence-corrected chi connectivity index (χ3v) is 5.56. The number of hydrogen-bond acceptors (Lipinski definition) is 7. The van der Waals surface area contributed by atoms with Gasteiger partial charge in [-0.2, -0.15) is 0 Å². The van der Waals surface area contributed by atoms with Gasteiger partial charge in [0.15, 0.2) is 0 Å². The number of carbonyl (C=O) groups excluding carboxylic acids is 2. The van der Waals surface area contributed by atoms with Gasteiger partial charge < -0.3 is 25.4 Å². The number of aliphatic carboxylic acids is 1. The normalized spacial score (nSPS) is 17.3. The second kappa shape index (κ2) is 7.91. The third kappa shape index (κ3) is 3.56. The van der Waals surface area contributed by atoms with Crippen LogP contribution in [0.4, 0.5) is 22.0 Å². The number of fused-ring (bicyclic) bond motifs is 1. The van der Waals surface area contributed by atoms with E-state index in [1.165, 1.54) is 28.0 Å². The number of benzene rings is 1. The van der Waals surface area contributed by atoms with Crippen LogP contribution in [-0.4, -0.2) is 70.2 Å². The summed E-state index contributed by atoms with van der Waals surface area (Å²) in [4.78, 5) is 48.9. The zero-order chi connectivity index (χ0) is 22.3. The molecule has 12 heteroatoms. The van der Waals surface area contributed by atoms with E-state index in [1.807, 2.05) is 0 Å². The fourth-order valence-corrected chi connectivity index (χ4v) is 3.84. The fourth-order valence-electron chi connectivity index (χ4n) is 3.56. The van der Waals surface area contributed by atoms with E-state index in [-0.39, 0.29) is 42.0 Å². The molecule has 1 aromatic heterocycles. The first-order chi connectivity index (χ1) is 14.8. The lowest BCUT2D eigenvalue weighted by Crippen LogP contribution is -2.42. The molecule has 4 rings (SSSR count). The van der Waals surface area contributed by atoms with Crippen molar-refractivity contribution in [2.24, 2.45) is 0 Å². The molecule has 2 aliphatic rings. The van der Waals surface area contributed by atoms with Crippen molar-refractivity contribution in [3.8, 4) is 5.88 Å². The van der Waals surface area contributed by atoms with Gasteiger partial charge in [-0.3, -0.25) is 9.69 Å². The Hall–Kier alpha value is -3.60. The number of carboxylic acid groups (broad SMARTS) is 1. The first-order valence-corrected chi connectivity index (χ1v) is 9.83. The van der Waals surface area contributed by atoms with E-state index in [4.69, 9.17) is 22.1 Å². The molecular formula is C19H19ClN6O5. The molecule has 1 aromatic carbocycles. The summed E-state index contributed by atoms with van der Waals surface area (Å²) >= 11 is 6.46. The van der Waals surface area contributed by atoms with E-state index in [0.29, 0.717) is 17.9 Å². The minimum absolute atomic E-state index is 0.0138. The predicted molar refractivity (Wildman–Crippen MR) is 112 cm³/mol. The number of carbonyl (C=O) groups is 3. The number of amides is 3. The number of ether oxygens (including phenoxy) is 1. The molecule has 0 radical (unpaired) electrons. The molecular weight excluding hydrogens is 428 g/mol. The Bertz CT molecular complexity index is 1080. The zero-order valence-electron chi connectivity index (χ0n) is 16.5. The van der Waals surface area contributed by atoms with E-state index in [1.54, 1.807) is 18.2 Å². The number of nitrogen functional groups attached to an aromatic ring is 1. The Morgan fingerprint density at radius 2 is 2.00 bits per heavy atom. The molecule has 2 aromatic rings. The topological polar surface area (TPSA) is 142 Å². The first-order valence-electron chi connectivity index (χ1n) is 9.45. The maximum atomic E-state index is 13.1. The van der Waals surface area contributed by atoms with E-state index in [2.05, 4.69) is 9.97 Å². The number of nitrogens with two attached hydrogens (primary N) is 1. The lowest BCUT2D eigenvalue weighted by molar-refractivity contribution is -0.141. The zero-order valence-corrected chi connectivity index (χ0v) is 17.2. The molecule has 11 nitrogen and oxygen atoms in total. The number of nitrogens with zero attached hydrogens (tertiary/aromatic N) is 5. The largest absolute Gasteiger partial charge is 0.480 e. The Balaban J connectivity index is 1.61. The van der Waals surface area contributed by atoms with E-state index >= 15 is 0 Å². The summed E-state index contributed by atoms with van der Waals surface area (Å²) in [5, 5.41) is 9.43. The number of carboxylic acids is 1. The number of aromatic nitrogens is 2. The molecule has 1 saturated heterocycles. The van der Waals surface area contributed by atoms with Gasteiger partial charge in [0, 0.05) is 18.8 Å². The Morgan fingerprint density at radius 3 is 2.71 bits per heavy atom. The van der Waals surface area contributed by atoms with Crippen molar-refractivity contribution in [2.45, 2.75) is 13.0 Å². The lowest BCUT2D eigenvalue weighted by atomic mass is 10.2. The summed E-state index contributed by atoms with van der Waals surface area (Å²) in [6, 6.07) is 3.45. The Morgan fingerprint density at radius 1 is 1.23 bits per heavy atom. The highest BCUT2D eigenvalue weighted by atomic mass is 35.5. The van der Waals surface area contributed by atoms with Crippen molar-refractivity contribution < 1.29 is 24.2 Å². The number of hydrogen-bond donors (Lipinski definition) is 2. The highest BCUT2D eigenvalue weighted by molar-refractivity contribution is 6.34. The maximum Gasteiger partial charge on any atom is 0.326 e. The highest BCUT2D eigenvalue weighted by Crippen LogP contribution is 2.35. The van der Waals surface area contributed by atoms with Gasteiger partial charge in [0.2, 0.25) is 5.88 Å². The van der Waals surface area contributed by atoms with Crippen LogP contribution in [0.25, 0.3) is 0 Å². The number of halogens is 1. The summed E-state index contributed by atoms with van der Waals surface area (Å²) in [6.07, 6.45) is 1.23. The smallest absolute Gasteiger partial charge is 0.326 e. The molecule has 0 aliphatic carbocycles. The van der Waals surface area contributed by atoms with Crippen molar-refractivity contribution in [1.29, 1.82) is 0 Å². The van der Waals surface area contributed by atoms with Crippen LogP contribution < -0.4 is 20.3 Å². The van der Waals surface area contributed by atoms with Gasteiger partial charge in [0.1, 0.15) is 30.4 Å². The second-order valence-electron chi connectivity index (χ2n) is 7.02. The van der Waals surface area contributed by atoms with E-state index in [0.717, 1.165) is 0 Å². The van der Waals surface area contributed by atoms with Crippen LogP contribution in [0.1, 0.15) is 17.3 Å². The van der Waals surface area contributed by atoms with Gasteiger partial charge in [-0.05, 0) is 25.1 Å². The van der Waals surface area contributed by atoms with Crippen molar-refractivity contribution in [2.75, 3.05) is 41.8 Å². The fraction of sp³-hybridized carbons (Fsp3) is 0.316. The number of anilines is 3. The molecule has 3 amide bonds. The molecule has 31 heavy (non-hydrogen) atoms. The quantitative estimate of drug-likeness (QED) is 0.718. The van der Waals surface area contributed by atoms with Crippen LogP contribution in [-0.2, 0) is 4.79 Å². The minimum atomic E-state index is -1.08. The molecule has 3 N–H and O–H groups in total. The average Bonchev–Trinajstić information content (AvgIpc) is 3.01. The van der Waals surface area contributed by atoms with Gasteiger partial charge >= 0.3 is 12.0 Å². The van der Waals surface area contributed by atoms with Crippen LogP contribution in [0.15, 0.2) is 24.5 Å². The summed E-state index contributed by atoms with van der Waals surface area (Å²) in [7, 11) is 0. The SMILES string of the molecule is CC(C(=O)O)N1CCN(c2ccc(N3CCOc4ncnc(N)c4C3=O)cc2Cl)C1=O. The second-order valence-corrected chi connectivity index (χ2v) is 7.43. The molecule has 2 aliphatic heterocycles. The van der Waals surface area contributed by atoms with Crippen LogP contribution >= 0.6 is 11.6 Å². The van der Waals surface area contributed by atoms with Gasteiger partial charge in [0.05, 0.1) is 17.3 Å². The van der Waals surface area contributed by atoms with Crippen LogP contribution in [0.5, 0.6) is 5.88 Å². The molecule has 0 bridgehead atoms. The summed E-state index contributed by atoms with van der Waals surface area (Å²) in [6.45, 7) is 2.45. The van der Waals surface area contributed by atoms with Crippen LogP contribution in [0.3, 0.4) is 0 Å². The van der Waals surface area contributed by atoms with Crippen molar-refractivity contribution in [3.05, 3.63) is 35.1 Å². The van der Waals surface area contributed by atoms with Gasteiger partial charge in [-0.1, -0.05) is 11.6 Å². The third-order valence-electron chi connectivity index (χ3n) is 5.25. The standard InChI is InChI=1S/C19H19ClN6O5/c1-10(18(28)29)24-4-5-26(19(24)30)13-3-2-11(8-12(13)20)25-6-7-31-16-14(17(25)27)15(21)22-9-23-16/h2-3,8-10H,4-7H2,1H3,(H,28,29)(H2,21,22,23). The summed E-state index contributed by atoms with van der Waals surface area (Å²) < 4.78 is 5.52. The molecule has 0 spiro atoms. The number of rotatable bonds is 4. The lowest BCUT2D eigenvalue weighted by Gasteiger charge is -2.24. The Labute approximate surface area is 182 Å². The van der Waals surface area contributed by atoms with Crippen molar-refractivity contribution >= 4 is 46.7 Å². The molecule has 1 fully saturated rings. The van der Waals surface area contributed by atoms with Gasteiger partial charge in [-0.25, -0.2) is 19.6 Å². The average molecular weight is 447 g/mol. The summed E-state index contributed by atoms with van der Waals surface area (Å²) in [5.41, 5.74) is 6.85. The number of urea groups is 1. The molecule has 3 heterocycles. The van der Waals surface area contributed by atoms with Crippen molar-refractivity contribution in [3.63, 3.8) is 0 Å². The minimum Gasteiger partial charge on any atom is -0.480 e. The van der Waals surface area contributed by atoms with E-state index < -0.39 is 23.9 Å². The van der Waals surface area contributed by atoms with E-state index in [9.17, 15) is 19.5 Å².